The normalized spacial score (nSPS) is 21.6. The third-order valence-corrected chi connectivity index (χ3v) is 8.79. The first-order valence-corrected chi connectivity index (χ1v) is 15.9. The van der Waals surface area contributed by atoms with E-state index < -0.39 is 0 Å². The Balaban J connectivity index is 1.18. The lowest BCUT2D eigenvalue weighted by Gasteiger charge is -2.39. The van der Waals surface area contributed by atoms with Crippen LogP contribution in [0.1, 0.15) is 53.6 Å². The number of rotatable bonds is 2. The second kappa shape index (κ2) is 14.1. The van der Waals surface area contributed by atoms with Gasteiger partial charge in [-0.05, 0) is 79.6 Å². The average molecular weight is 612 g/mol. The number of piperidine rings is 2. The highest BCUT2D eigenvalue weighted by Crippen LogP contribution is 2.26. The van der Waals surface area contributed by atoms with Gasteiger partial charge < -0.3 is 29.5 Å². The highest BCUT2D eigenvalue weighted by Gasteiger charge is 2.32. The monoisotopic (exact) mass is 611 g/mol. The summed E-state index contributed by atoms with van der Waals surface area (Å²) in [5.41, 5.74) is 2.55. The van der Waals surface area contributed by atoms with Gasteiger partial charge in [0.1, 0.15) is 17.3 Å². The van der Waals surface area contributed by atoms with Crippen LogP contribution in [0.3, 0.4) is 0 Å². The zero-order valence-corrected chi connectivity index (χ0v) is 25.8. The van der Waals surface area contributed by atoms with Gasteiger partial charge in [0.2, 0.25) is 11.8 Å². The first-order valence-electron chi connectivity index (χ1n) is 15.9. The molecule has 2 saturated heterocycles. The summed E-state index contributed by atoms with van der Waals surface area (Å²) in [5.74, 6) is 1.85. The summed E-state index contributed by atoms with van der Waals surface area (Å²) in [6.45, 7) is 3.07. The molecule has 3 aliphatic rings. The largest absolute Gasteiger partial charge is 0.457 e. The number of carbonyl (C=O) groups is 3. The van der Waals surface area contributed by atoms with Gasteiger partial charge in [-0.25, -0.2) is 4.98 Å². The van der Waals surface area contributed by atoms with Crippen LogP contribution in [0.25, 0.3) is 0 Å². The first kappa shape index (κ1) is 30.6. The predicted molar refractivity (Wildman–Crippen MR) is 170 cm³/mol. The molecular weight excluding hydrogens is 570 g/mol. The molecule has 2 atom stereocenters. The van der Waals surface area contributed by atoms with E-state index in [2.05, 4.69) is 15.2 Å². The van der Waals surface area contributed by atoms with Crippen molar-refractivity contribution in [3.8, 4) is 11.5 Å². The number of likely N-dealkylation sites (tertiary alicyclic amines) is 1. The smallest absolute Gasteiger partial charge is 0.255 e. The molecule has 3 amide bonds. The van der Waals surface area contributed by atoms with Gasteiger partial charge in [-0.1, -0.05) is 24.3 Å². The number of anilines is 1. The SMILES string of the molecule is CN1CC(=O)N[C@H]2CN(c3ccc(C(=O)N4CCCCC4)cn3)CC[C@H]2OCc2cccc(c2)Oc2cccc(c2)CCC1=O. The molecule has 1 aromatic heterocycles. The van der Waals surface area contributed by atoms with Crippen LogP contribution < -0.4 is 15.0 Å². The van der Waals surface area contributed by atoms with Crippen molar-refractivity contribution in [2.24, 2.45) is 0 Å². The number of nitrogens with zero attached hydrogens (tertiary/aromatic N) is 4. The Hall–Kier alpha value is -4.44. The number of pyridine rings is 1. The number of amides is 3. The predicted octanol–water partition coefficient (Wildman–Crippen LogP) is 4.18. The van der Waals surface area contributed by atoms with E-state index in [1.165, 1.54) is 11.3 Å². The van der Waals surface area contributed by atoms with Gasteiger partial charge in [0.15, 0.2) is 0 Å². The molecule has 4 bridgehead atoms. The molecule has 0 saturated carbocycles. The van der Waals surface area contributed by atoms with E-state index in [0.29, 0.717) is 49.6 Å². The van der Waals surface area contributed by atoms with Crippen LogP contribution in [-0.2, 0) is 27.4 Å². The lowest BCUT2D eigenvalue weighted by Crippen LogP contribution is -2.57. The van der Waals surface area contributed by atoms with E-state index in [0.717, 1.165) is 42.9 Å². The van der Waals surface area contributed by atoms with Crippen molar-refractivity contribution in [1.29, 1.82) is 0 Å². The van der Waals surface area contributed by atoms with Crippen molar-refractivity contribution in [2.75, 3.05) is 44.7 Å². The second-order valence-corrected chi connectivity index (χ2v) is 12.2. The van der Waals surface area contributed by atoms with Crippen LogP contribution in [-0.4, -0.2) is 84.4 Å². The Morgan fingerprint density at radius 3 is 2.42 bits per heavy atom. The maximum absolute atomic E-state index is 13.2. The van der Waals surface area contributed by atoms with Gasteiger partial charge in [-0.2, -0.15) is 0 Å². The zero-order chi connectivity index (χ0) is 31.2. The minimum absolute atomic E-state index is 0.0262. The van der Waals surface area contributed by atoms with Gasteiger partial charge in [-0.15, -0.1) is 0 Å². The van der Waals surface area contributed by atoms with E-state index in [1.807, 2.05) is 65.6 Å². The topological polar surface area (TPSA) is 104 Å². The molecule has 45 heavy (non-hydrogen) atoms. The Morgan fingerprint density at radius 2 is 1.67 bits per heavy atom. The van der Waals surface area contributed by atoms with Gasteiger partial charge in [0, 0.05) is 45.8 Å². The highest BCUT2D eigenvalue weighted by molar-refractivity contribution is 5.94. The van der Waals surface area contributed by atoms with E-state index in [9.17, 15) is 14.4 Å². The van der Waals surface area contributed by atoms with Crippen LogP contribution in [0.4, 0.5) is 5.82 Å². The molecule has 10 heteroatoms. The summed E-state index contributed by atoms with van der Waals surface area (Å²) >= 11 is 0. The van der Waals surface area contributed by atoms with Gasteiger partial charge in [-0.3, -0.25) is 14.4 Å². The zero-order valence-electron chi connectivity index (χ0n) is 25.8. The molecule has 3 aromatic rings. The number of likely N-dealkylation sites (N-methyl/N-ethyl adjacent to an activating group) is 1. The number of nitrogens with one attached hydrogen (secondary N) is 1. The van der Waals surface area contributed by atoms with Crippen molar-refractivity contribution in [2.45, 2.75) is 57.3 Å². The fourth-order valence-corrected chi connectivity index (χ4v) is 6.26. The molecular formula is C35H41N5O5. The number of ether oxygens (including phenoxy) is 2. The summed E-state index contributed by atoms with van der Waals surface area (Å²) in [5, 5.41) is 3.15. The molecule has 0 unspecified atom stereocenters. The number of aryl methyl sites for hydroxylation is 1. The fourth-order valence-electron chi connectivity index (χ4n) is 6.26. The molecule has 0 radical (unpaired) electrons. The quantitative estimate of drug-likeness (QED) is 0.464. The van der Waals surface area contributed by atoms with Crippen molar-refractivity contribution in [1.82, 2.24) is 20.1 Å². The fraction of sp³-hybridized carbons (Fsp3) is 0.429. The number of hydrogen-bond acceptors (Lipinski definition) is 7. The molecule has 0 spiro atoms. The highest BCUT2D eigenvalue weighted by atomic mass is 16.5. The Morgan fingerprint density at radius 1 is 0.911 bits per heavy atom. The number of hydrogen-bond donors (Lipinski definition) is 1. The number of benzene rings is 2. The van der Waals surface area contributed by atoms with Gasteiger partial charge in [0.25, 0.3) is 5.91 Å². The van der Waals surface area contributed by atoms with E-state index in [1.54, 1.807) is 13.2 Å². The minimum Gasteiger partial charge on any atom is -0.457 e. The molecule has 236 valence electrons. The van der Waals surface area contributed by atoms with E-state index in [-0.39, 0.29) is 42.8 Å². The summed E-state index contributed by atoms with van der Waals surface area (Å²) in [6.07, 6.45) is 6.16. The van der Waals surface area contributed by atoms with Crippen LogP contribution >= 0.6 is 0 Å². The van der Waals surface area contributed by atoms with Crippen molar-refractivity contribution >= 4 is 23.5 Å². The summed E-state index contributed by atoms with van der Waals surface area (Å²) < 4.78 is 12.6. The standard InChI is InChI=1S/C35H41N5O5/c1-38-23-33(41)37-30-22-40(32-13-12-27(21-36-32)35(43)39-16-3-2-4-17-39)18-15-31(30)44-24-26-8-6-10-29(20-26)45-28-9-5-7-25(19-28)11-14-34(38)42/h5-10,12-13,19-21,30-31H,2-4,11,14-18,22-24H2,1H3,(H,37,41)/t30-,31+/m0/s1. The lowest BCUT2D eigenvalue weighted by atomic mass is 10.0. The molecule has 3 aliphatic heterocycles. The Bertz CT molecular complexity index is 1510. The van der Waals surface area contributed by atoms with Gasteiger partial charge in [0.05, 0.1) is 30.9 Å². The van der Waals surface area contributed by atoms with Gasteiger partial charge >= 0.3 is 0 Å². The van der Waals surface area contributed by atoms with Crippen molar-refractivity contribution in [3.63, 3.8) is 0 Å². The molecule has 10 nitrogen and oxygen atoms in total. The van der Waals surface area contributed by atoms with Crippen LogP contribution in [0.5, 0.6) is 11.5 Å². The average Bonchev–Trinajstić information content (AvgIpc) is 3.06. The third-order valence-electron chi connectivity index (χ3n) is 8.79. The summed E-state index contributed by atoms with van der Waals surface area (Å²) in [4.78, 5) is 49.2. The van der Waals surface area contributed by atoms with Crippen molar-refractivity contribution in [3.05, 3.63) is 83.6 Å². The molecule has 0 aliphatic carbocycles. The summed E-state index contributed by atoms with van der Waals surface area (Å²) in [6, 6.07) is 19.0. The number of fused-ring (bicyclic) bond motifs is 5. The summed E-state index contributed by atoms with van der Waals surface area (Å²) in [7, 11) is 1.66. The van der Waals surface area contributed by atoms with Crippen LogP contribution in [0.15, 0.2) is 66.9 Å². The van der Waals surface area contributed by atoms with Crippen LogP contribution in [0.2, 0.25) is 0 Å². The molecule has 4 heterocycles. The molecule has 1 N–H and O–H groups in total. The van der Waals surface area contributed by atoms with Crippen LogP contribution in [0, 0.1) is 0 Å². The Labute approximate surface area is 264 Å². The maximum Gasteiger partial charge on any atom is 0.255 e. The van der Waals surface area contributed by atoms with Crippen molar-refractivity contribution < 1.29 is 23.9 Å². The minimum atomic E-state index is -0.329. The first-order chi connectivity index (χ1) is 21.9. The second-order valence-electron chi connectivity index (χ2n) is 12.2. The molecule has 6 rings (SSSR count). The maximum atomic E-state index is 13.2. The Kier molecular flexibility index (Phi) is 9.59. The van der Waals surface area contributed by atoms with E-state index >= 15 is 0 Å². The number of carbonyl (C=O) groups excluding carboxylic acids is 3. The van der Waals surface area contributed by atoms with E-state index in [4.69, 9.17) is 9.47 Å². The molecule has 2 aromatic carbocycles. The third kappa shape index (κ3) is 7.81. The molecule has 2 fully saturated rings. The lowest BCUT2D eigenvalue weighted by molar-refractivity contribution is -0.135. The number of aromatic nitrogens is 1.